The second-order valence-electron chi connectivity index (χ2n) is 7.54. The van der Waals surface area contributed by atoms with Gasteiger partial charge in [0.1, 0.15) is 11.5 Å². The van der Waals surface area contributed by atoms with Crippen LogP contribution in [0, 0.1) is 5.82 Å². The second kappa shape index (κ2) is 10.0. The van der Waals surface area contributed by atoms with E-state index >= 15 is 0 Å². The van der Waals surface area contributed by atoms with E-state index in [4.69, 9.17) is 0 Å². The largest absolute Gasteiger partial charge is 0.378 e. The van der Waals surface area contributed by atoms with Crippen molar-refractivity contribution in [1.82, 2.24) is 10.3 Å². The Balaban J connectivity index is 1.49. The zero-order chi connectivity index (χ0) is 21.5. The van der Waals surface area contributed by atoms with Crippen molar-refractivity contribution in [3.8, 4) is 0 Å². The molecule has 0 fully saturated rings. The fourth-order valence-electron chi connectivity index (χ4n) is 3.21. The van der Waals surface area contributed by atoms with E-state index in [1.807, 2.05) is 14.1 Å². The van der Waals surface area contributed by atoms with Gasteiger partial charge in [0.2, 0.25) is 5.91 Å². The molecule has 30 heavy (non-hydrogen) atoms. The molecule has 0 saturated heterocycles. The summed E-state index contributed by atoms with van der Waals surface area (Å²) in [4.78, 5) is 26.6. The number of hydrogen-bond donors (Lipinski definition) is 1. The van der Waals surface area contributed by atoms with E-state index in [2.05, 4.69) is 39.6 Å². The first kappa shape index (κ1) is 21.5. The third-order valence-electron chi connectivity index (χ3n) is 4.99. The van der Waals surface area contributed by atoms with Gasteiger partial charge in [-0.3, -0.25) is 9.59 Å². The van der Waals surface area contributed by atoms with Crippen LogP contribution in [0.25, 0.3) is 0 Å². The molecular formula is C23H27FN4O2. The first-order valence-electron chi connectivity index (χ1n) is 10.1. The minimum atomic E-state index is -0.332. The summed E-state index contributed by atoms with van der Waals surface area (Å²) in [5, 5.41) is 8.42. The molecule has 0 radical (unpaired) electrons. The van der Waals surface area contributed by atoms with Crippen LogP contribution in [-0.4, -0.2) is 43.2 Å². The van der Waals surface area contributed by atoms with Gasteiger partial charge in [-0.05, 0) is 48.2 Å². The van der Waals surface area contributed by atoms with Crippen LogP contribution in [0.3, 0.4) is 0 Å². The van der Waals surface area contributed by atoms with Crippen LogP contribution >= 0.6 is 0 Å². The molecule has 0 bridgehead atoms. The van der Waals surface area contributed by atoms with Crippen molar-refractivity contribution in [2.24, 2.45) is 5.10 Å². The van der Waals surface area contributed by atoms with Crippen molar-refractivity contribution in [3.05, 3.63) is 65.5 Å². The van der Waals surface area contributed by atoms with Crippen LogP contribution in [0.4, 0.5) is 10.1 Å². The first-order valence-corrected chi connectivity index (χ1v) is 10.1. The molecule has 6 nitrogen and oxygen atoms in total. The Morgan fingerprint density at radius 1 is 1.07 bits per heavy atom. The highest BCUT2D eigenvalue weighted by molar-refractivity contribution is 6.39. The SMILES string of the molecule is CN(C)c1ccc(CCCNC(=O)C2=NN(Cc3ccc(F)cc3)C(=O)CC2)cc1. The van der Waals surface area contributed by atoms with Gasteiger partial charge in [-0.2, -0.15) is 5.10 Å². The Bertz CT molecular complexity index is 908. The quantitative estimate of drug-likeness (QED) is 0.680. The molecule has 7 heteroatoms. The Kier molecular flexibility index (Phi) is 7.17. The van der Waals surface area contributed by atoms with E-state index in [-0.39, 0.29) is 30.6 Å². The van der Waals surface area contributed by atoms with Crippen molar-refractivity contribution in [3.63, 3.8) is 0 Å². The summed E-state index contributed by atoms with van der Waals surface area (Å²) in [5.74, 6) is -0.715. The maximum Gasteiger partial charge on any atom is 0.267 e. The standard InChI is InChI=1S/C23H27FN4O2/c1-27(2)20-11-7-17(8-12-20)4-3-15-25-23(30)21-13-14-22(29)28(26-21)16-18-5-9-19(24)10-6-18/h5-12H,3-4,13-16H2,1-2H3,(H,25,30). The molecule has 0 unspecified atom stereocenters. The molecule has 1 aliphatic heterocycles. The third-order valence-corrected chi connectivity index (χ3v) is 4.99. The van der Waals surface area contributed by atoms with E-state index in [0.29, 0.717) is 18.7 Å². The minimum Gasteiger partial charge on any atom is -0.378 e. The number of aryl methyl sites for hydroxylation is 1. The van der Waals surface area contributed by atoms with Gasteiger partial charge in [0.05, 0.1) is 6.54 Å². The van der Waals surface area contributed by atoms with Gasteiger partial charge in [-0.25, -0.2) is 9.40 Å². The fourth-order valence-corrected chi connectivity index (χ4v) is 3.21. The lowest BCUT2D eigenvalue weighted by atomic mass is 10.1. The average molecular weight is 410 g/mol. The van der Waals surface area contributed by atoms with Crippen molar-refractivity contribution in [2.45, 2.75) is 32.2 Å². The first-order chi connectivity index (χ1) is 14.4. The van der Waals surface area contributed by atoms with Gasteiger partial charge in [-0.1, -0.05) is 24.3 Å². The maximum absolute atomic E-state index is 13.1. The van der Waals surface area contributed by atoms with Gasteiger partial charge in [-0.15, -0.1) is 0 Å². The number of halogens is 1. The number of hydrogen-bond acceptors (Lipinski definition) is 4. The van der Waals surface area contributed by atoms with Crippen molar-refractivity contribution in [2.75, 3.05) is 25.5 Å². The zero-order valence-corrected chi connectivity index (χ0v) is 17.4. The van der Waals surface area contributed by atoms with Crippen molar-refractivity contribution >= 4 is 23.2 Å². The lowest BCUT2D eigenvalue weighted by Gasteiger charge is -2.23. The molecule has 0 atom stereocenters. The fraction of sp³-hybridized carbons (Fsp3) is 0.348. The lowest BCUT2D eigenvalue weighted by molar-refractivity contribution is -0.132. The number of nitrogens with one attached hydrogen (secondary N) is 1. The molecule has 2 amide bonds. The molecule has 0 spiro atoms. The predicted molar refractivity (Wildman–Crippen MR) is 116 cm³/mol. The summed E-state index contributed by atoms with van der Waals surface area (Å²) in [6, 6.07) is 14.3. The molecule has 1 N–H and O–H groups in total. The number of anilines is 1. The smallest absolute Gasteiger partial charge is 0.267 e. The van der Waals surface area contributed by atoms with E-state index < -0.39 is 0 Å². The monoisotopic (exact) mass is 410 g/mol. The summed E-state index contributed by atoms with van der Waals surface area (Å²) >= 11 is 0. The molecule has 2 aromatic rings. The van der Waals surface area contributed by atoms with Crippen LogP contribution in [0.2, 0.25) is 0 Å². The zero-order valence-electron chi connectivity index (χ0n) is 17.4. The van der Waals surface area contributed by atoms with Crippen LogP contribution < -0.4 is 10.2 Å². The van der Waals surface area contributed by atoms with Crippen molar-refractivity contribution < 1.29 is 14.0 Å². The number of rotatable bonds is 8. The molecular weight excluding hydrogens is 383 g/mol. The number of amides is 2. The summed E-state index contributed by atoms with van der Waals surface area (Å²) in [6.45, 7) is 0.762. The average Bonchev–Trinajstić information content (AvgIpc) is 2.74. The number of carbonyl (C=O) groups excluding carboxylic acids is 2. The van der Waals surface area contributed by atoms with Gasteiger partial charge in [0, 0.05) is 39.2 Å². The Morgan fingerprint density at radius 3 is 2.40 bits per heavy atom. The molecule has 0 saturated carbocycles. The molecule has 2 aromatic carbocycles. The van der Waals surface area contributed by atoms with Crippen LogP contribution in [0.1, 0.15) is 30.4 Å². The van der Waals surface area contributed by atoms with E-state index in [1.54, 1.807) is 12.1 Å². The highest BCUT2D eigenvalue weighted by atomic mass is 19.1. The van der Waals surface area contributed by atoms with E-state index in [9.17, 15) is 14.0 Å². The molecule has 0 aliphatic carbocycles. The predicted octanol–water partition coefficient (Wildman–Crippen LogP) is 3.12. The van der Waals surface area contributed by atoms with Crippen LogP contribution in [0.5, 0.6) is 0 Å². The summed E-state index contributed by atoms with van der Waals surface area (Å²) in [6.07, 6.45) is 2.26. The topological polar surface area (TPSA) is 65.0 Å². The normalized spacial score (nSPS) is 13.8. The lowest BCUT2D eigenvalue weighted by Crippen LogP contribution is -2.39. The van der Waals surface area contributed by atoms with Crippen LogP contribution in [-0.2, 0) is 22.6 Å². The van der Waals surface area contributed by atoms with Crippen LogP contribution in [0.15, 0.2) is 53.6 Å². The number of benzene rings is 2. The highest BCUT2D eigenvalue weighted by Crippen LogP contribution is 2.15. The van der Waals surface area contributed by atoms with Crippen molar-refractivity contribution in [1.29, 1.82) is 0 Å². The summed E-state index contributed by atoms with van der Waals surface area (Å²) < 4.78 is 13.1. The number of nitrogens with zero attached hydrogens (tertiary/aromatic N) is 3. The van der Waals surface area contributed by atoms with Gasteiger partial charge < -0.3 is 10.2 Å². The van der Waals surface area contributed by atoms with Gasteiger partial charge in [0.25, 0.3) is 5.91 Å². The number of carbonyl (C=O) groups is 2. The highest BCUT2D eigenvalue weighted by Gasteiger charge is 2.24. The molecule has 0 aromatic heterocycles. The molecule has 158 valence electrons. The Labute approximate surface area is 176 Å². The van der Waals surface area contributed by atoms with E-state index in [0.717, 1.165) is 24.1 Å². The number of hydrazone groups is 1. The van der Waals surface area contributed by atoms with Gasteiger partial charge in [0.15, 0.2) is 0 Å². The molecule has 3 rings (SSSR count). The summed E-state index contributed by atoms with van der Waals surface area (Å²) in [5.41, 5.74) is 3.49. The molecule has 1 heterocycles. The van der Waals surface area contributed by atoms with E-state index in [1.165, 1.54) is 22.7 Å². The minimum absolute atomic E-state index is 0.142. The second-order valence-corrected chi connectivity index (χ2v) is 7.54. The Hall–Kier alpha value is -3.22. The molecule has 1 aliphatic rings. The van der Waals surface area contributed by atoms with Gasteiger partial charge >= 0.3 is 0 Å². The summed E-state index contributed by atoms with van der Waals surface area (Å²) in [7, 11) is 4.01. The maximum atomic E-state index is 13.1. The third kappa shape index (κ3) is 5.89. The Morgan fingerprint density at radius 2 is 1.73 bits per heavy atom.